The van der Waals surface area contributed by atoms with Gasteiger partial charge in [-0.25, -0.2) is 0 Å². The maximum absolute atomic E-state index is 13.7. The Labute approximate surface area is 176 Å². The Kier molecular flexibility index (Phi) is 4.97. The van der Waals surface area contributed by atoms with E-state index < -0.39 is 5.41 Å². The Balaban J connectivity index is 1.93. The SMILES string of the molecule is CC(C)(C)CC1CCNC(c2cccc(Cl)c2)C12C(=O)Nc1cc(Cl)ccc12. The summed E-state index contributed by atoms with van der Waals surface area (Å²) in [5, 5.41) is 8.09. The molecule has 148 valence electrons. The van der Waals surface area contributed by atoms with E-state index in [0.717, 1.165) is 36.2 Å². The van der Waals surface area contributed by atoms with Crippen molar-refractivity contribution in [1.29, 1.82) is 0 Å². The topological polar surface area (TPSA) is 41.1 Å². The van der Waals surface area contributed by atoms with E-state index in [9.17, 15) is 4.79 Å². The summed E-state index contributed by atoms with van der Waals surface area (Å²) in [7, 11) is 0. The lowest BCUT2D eigenvalue weighted by atomic mass is 9.58. The zero-order valence-electron chi connectivity index (χ0n) is 16.5. The molecule has 0 saturated carbocycles. The average molecular weight is 417 g/mol. The van der Waals surface area contributed by atoms with Crippen molar-refractivity contribution in [2.75, 3.05) is 11.9 Å². The second-order valence-corrected chi connectivity index (χ2v) is 10.1. The first-order chi connectivity index (χ1) is 13.2. The molecule has 1 saturated heterocycles. The molecule has 0 radical (unpaired) electrons. The fourth-order valence-electron chi connectivity index (χ4n) is 5.12. The van der Waals surface area contributed by atoms with Gasteiger partial charge in [0.15, 0.2) is 0 Å². The van der Waals surface area contributed by atoms with Gasteiger partial charge in [0, 0.05) is 15.7 Å². The lowest BCUT2D eigenvalue weighted by molar-refractivity contribution is -0.126. The van der Waals surface area contributed by atoms with Crippen LogP contribution in [0.4, 0.5) is 5.69 Å². The highest BCUT2D eigenvalue weighted by atomic mass is 35.5. The number of fused-ring (bicyclic) bond motifs is 2. The van der Waals surface area contributed by atoms with Gasteiger partial charge < -0.3 is 10.6 Å². The lowest BCUT2D eigenvalue weighted by Crippen LogP contribution is -2.56. The minimum Gasteiger partial charge on any atom is -0.325 e. The summed E-state index contributed by atoms with van der Waals surface area (Å²) in [6, 6.07) is 13.5. The summed E-state index contributed by atoms with van der Waals surface area (Å²) in [4.78, 5) is 13.7. The predicted molar refractivity (Wildman–Crippen MR) is 116 cm³/mol. The second kappa shape index (κ2) is 7.05. The van der Waals surface area contributed by atoms with E-state index in [1.165, 1.54) is 0 Å². The molecule has 2 heterocycles. The maximum Gasteiger partial charge on any atom is 0.237 e. The number of nitrogens with one attached hydrogen (secondary N) is 2. The van der Waals surface area contributed by atoms with Gasteiger partial charge in [-0.05, 0) is 66.1 Å². The predicted octanol–water partition coefficient (Wildman–Crippen LogP) is 5.97. The smallest absolute Gasteiger partial charge is 0.237 e. The van der Waals surface area contributed by atoms with Crippen LogP contribution in [0.25, 0.3) is 0 Å². The molecule has 4 rings (SSSR count). The van der Waals surface area contributed by atoms with Gasteiger partial charge in [0.1, 0.15) is 0 Å². The van der Waals surface area contributed by atoms with Crippen molar-refractivity contribution in [3.05, 3.63) is 63.6 Å². The van der Waals surface area contributed by atoms with Gasteiger partial charge in [0.05, 0.1) is 11.5 Å². The summed E-state index contributed by atoms with van der Waals surface area (Å²) >= 11 is 12.5. The molecule has 0 aromatic heterocycles. The Morgan fingerprint density at radius 3 is 2.57 bits per heavy atom. The third kappa shape index (κ3) is 3.24. The number of amides is 1. The van der Waals surface area contributed by atoms with E-state index >= 15 is 0 Å². The molecule has 2 aromatic rings. The quantitative estimate of drug-likeness (QED) is 0.632. The molecular weight excluding hydrogens is 391 g/mol. The third-order valence-corrected chi connectivity index (χ3v) is 6.50. The molecule has 3 atom stereocenters. The molecule has 0 aliphatic carbocycles. The monoisotopic (exact) mass is 416 g/mol. The minimum absolute atomic E-state index is 0.0520. The average Bonchev–Trinajstić information content (AvgIpc) is 2.88. The Hall–Kier alpha value is -1.55. The van der Waals surface area contributed by atoms with Crippen molar-refractivity contribution in [2.24, 2.45) is 11.3 Å². The van der Waals surface area contributed by atoms with Crippen LogP contribution in [-0.4, -0.2) is 12.5 Å². The van der Waals surface area contributed by atoms with Gasteiger partial charge in [0.2, 0.25) is 5.91 Å². The Bertz CT molecular complexity index is 921. The van der Waals surface area contributed by atoms with Crippen molar-refractivity contribution in [3.8, 4) is 0 Å². The van der Waals surface area contributed by atoms with E-state index in [4.69, 9.17) is 23.2 Å². The highest BCUT2D eigenvalue weighted by molar-refractivity contribution is 6.31. The molecule has 2 aromatic carbocycles. The lowest BCUT2D eigenvalue weighted by Gasteiger charge is -2.48. The van der Waals surface area contributed by atoms with E-state index in [2.05, 4.69) is 37.5 Å². The molecule has 2 aliphatic heterocycles. The van der Waals surface area contributed by atoms with Gasteiger partial charge in [-0.1, -0.05) is 62.2 Å². The summed E-state index contributed by atoms with van der Waals surface area (Å²) < 4.78 is 0. The van der Waals surface area contributed by atoms with Crippen LogP contribution in [0.2, 0.25) is 10.0 Å². The first-order valence-corrected chi connectivity index (χ1v) is 10.6. The Morgan fingerprint density at radius 1 is 1.11 bits per heavy atom. The minimum atomic E-state index is -0.684. The number of carbonyl (C=O) groups is 1. The van der Waals surface area contributed by atoms with Crippen molar-refractivity contribution >= 4 is 34.8 Å². The van der Waals surface area contributed by atoms with Crippen molar-refractivity contribution in [3.63, 3.8) is 0 Å². The second-order valence-electron chi connectivity index (χ2n) is 9.21. The fourth-order valence-corrected chi connectivity index (χ4v) is 5.49. The summed E-state index contributed by atoms with van der Waals surface area (Å²) in [6.45, 7) is 7.60. The first-order valence-electron chi connectivity index (χ1n) is 9.82. The number of halogens is 2. The number of benzene rings is 2. The number of anilines is 1. The van der Waals surface area contributed by atoms with Crippen molar-refractivity contribution < 1.29 is 4.79 Å². The molecular formula is C23H26Cl2N2O. The van der Waals surface area contributed by atoms with E-state index in [0.29, 0.717) is 10.0 Å². The fraction of sp³-hybridized carbons (Fsp3) is 0.435. The van der Waals surface area contributed by atoms with E-state index in [1.807, 2.05) is 36.4 Å². The number of rotatable bonds is 2. The molecule has 2 N–H and O–H groups in total. The van der Waals surface area contributed by atoms with Crippen LogP contribution in [-0.2, 0) is 10.2 Å². The van der Waals surface area contributed by atoms with E-state index in [-0.39, 0.29) is 23.3 Å². The summed E-state index contributed by atoms with van der Waals surface area (Å²) in [6.07, 6.45) is 1.91. The number of carbonyl (C=O) groups excluding carboxylic acids is 1. The van der Waals surface area contributed by atoms with Crippen LogP contribution in [0.5, 0.6) is 0 Å². The van der Waals surface area contributed by atoms with E-state index in [1.54, 1.807) is 0 Å². The molecule has 5 heteroatoms. The molecule has 1 fully saturated rings. The molecule has 3 unspecified atom stereocenters. The van der Waals surface area contributed by atoms with Crippen LogP contribution >= 0.6 is 23.2 Å². The largest absolute Gasteiger partial charge is 0.325 e. The molecule has 0 bridgehead atoms. The van der Waals surface area contributed by atoms with Crippen LogP contribution in [0.1, 0.15) is 50.8 Å². The normalized spacial score (nSPS) is 27.0. The van der Waals surface area contributed by atoms with Gasteiger partial charge >= 0.3 is 0 Å². The third-order valence-electron chi connectivity index (χ3n) is 6.03. The standard InChI is InChI=1S/C23H26Cl2N2O/c1-22(2,3)13-15-9-10-26-20(14-5-4-6-16(24)11-14)23(15)18-8-7-17(25)12-19(18)27-21(23)28/h4-8,11-12,15,20,26H,9-10,13H2,1-3H3,(H,27,28). The highest BCUT2D eigenvalue weighted by Gasteiger charge is 2.59. The molecule has 3 nitrogen and oxygen atoms in total. The molecule has 28 heavy (non-hydrogen) atoms. The molecule has 1 spiro atoms. The summed E-state index contributed by atoms with van der Waals surface area (Å²) in [5.74, 6) is 0.261. The maximum atomic E-state index is 13.7. The number of hydrogen-bond acceptors (Lipinski definition) is 2. The van der Waals surface area contributed by atoms with Crippen LogP contribution in [0.15, 0.2) is 42.5 Å². The van der Waals surface area contributed by atoms with Crippen LogP contribution in [0.3, 0.4) is 0 Å². The van der Waals surface area contributed by atoms with Crippen molar-refractivity contribution in [2.45, 2.75) is 45.1 Å². The van der Waals surface area contributed by atoms with Gasteiger partial charge in [-0.15, -0.1) is 0 Å². The van der Waals surface area contributed by atoms with Crippen molar-refractivity contribution in [1.82, 2.24) is 5.32 Å². The first kappa shape index (κ1) is 19.8. The van der Waals surface area contributed by atoms with Crippen LogP contribution in [0, 0.1) is 11.3 Å². The van der Waals surface area contributed by atoms with Gasteiger partial charge in [0.25, 0.3) is 0 Å². The summed E-state index contributed by atoms with van der Waals surface area (Å²) in [5.41, 5.74) is 2.34. The van der Waals surface area contributed by atoms with Gasteiger partial charge in [-0.3, -0.25) is 4.79 Å². The zero-order chi connectivity index (χ0) is 20.1. The Morgan fingerprint density at radius 2 is 1.86 bits per heavy atom. The zero-order valence-corrected chi connectivity index (χ0v) is 18.0. The van der Waals surface area contributed by atoms with Gasteiger partial charge in [-0.2, -0.15) is 0 Å². The van der Waals surface area contributed by atoms with Crippen LogP contribution < -0.4 is 10.6 Å². The molecule has 1 amide bonds. The number of hydrogen-bond donors (Lipinski definition) is 2. The highest BCUT2D eigenvalue weighted by Crippen LogP contribution is 2.56. The number of piperidine rings is 1. The molecule has 2 aliphatic rings.